The van der Waals surface area contributed by atoms with E-state index >= 15 is 0 Å². The Morgan fingerprint density at radius 1 is 0.407 bits per heavy atom. The van der Waals surface area contributed by atoms with Gasteiger partial charge in [0.15, 0.2) is 0 Å². The van der Waals surface area contributed by atoms with E-state index in [0.717, 1.165) is 16.3 Å². The van der Waals surface area contributed by atoms with Crippen LogP contribution in [0.15, 0.2) is 163 Å². The molecule has 0 unspecified atom stereocenters. The molecule has 9 rings (SSSR count). The van der Waals surface area contributed by atoms with Gasteiger partial charge in [-0.25, -0.2) is 0 Å². The molecule has 7 aromatic carbocycles. The average Bonchev–Trinajstić information content (AvgIpc) is 3.57. The Labute approximate surface area is 327 Å². The molecule has 0 aromatic heterocycles. The lowest BCUT2D eigenvalue weighted by Gasteiger charge is -2.28. The first kappa shape index (κ1) is 35.5. The highest BCUT2D eigenvalue weighted by Gasteiger charge is 2.37. The van der Waals surface area contributed by atoms with E-state index in [1.54, 1.807) is 0 Å². The van der Waals surface area contributed by atoms with Crippen LogP contribution >= 0.6 is 12.6 Å². The van der Waals surface area contributed by atoms with E-state index in [1.807, 2.05) is 13.8 Å². The van der Waals surface area contributed by atoms with Crippen molar-refractivity contribution in [3.8, 4) is 33.4 Å². The minimum absolute atomic E-state index is 0.0904. The van der Waals surface area contributed by atoms with E-state index in [1.165, 1.54) is 72.4 Å². The summed E-state index contributed by atoms with van der Waals surface area (Å²) in [6.45, 7) is 13.4. The minimum atomic E-state index is -0.138. The second kappa shape index (κ2) is 14.0. The van der Waals surface area contributed by atoms with Gasteiger partial charge >= 0.3 is 0 Å². The third-order valence-electron chi connectivity index (χ3n) is 11.3. The lowest BCUT2D eigenvalue weighted by molar-refractivity contribution is 0.660. The third-order valence-corrected chi connectivity index (χ3v) is 11.6. The lowest BCUT2D eigenvalue weighted by Crippen LogP contribution is -2.16. The molecule has 2 heteroatoms. The van der Waals surface area contributed by atoms with Crippen molar-refractivity contribution in [2.24, 2.45) is 0 Å². The van der Waals surface area contributed by atoms with Gasteiger partial charge in [-0.05, 0) is 121 Å². The molecule has 0 saturated heterocycles. The van der Waals surface area contributed by atoms with Gasteiger partial charge in [-0.3, -0.25) is 0 Å². The van der Waals surface area contributed by atoms with Crippen LogP contribution in [0.4, 0.5) is 17.1 Å². The van der Waals surface area contributed by atoms with Crippen LogP contribution < -0.4 is 4.90 Å². The number of thiol groups is 1. The van der Waals surface area contributed by atoms with Crippen LogP contribution in [0.3, 0.4) is 0 Å². The SMILES string of the molecule is CC.CC1(C)c2cc(/C=C/c3ccc4c(c3)C(C)(C)c3cc(N(c5ccccc5)c5ccccc5)ccc3-4)ccc2-c2ccc(-c3ccc(S)cc3)cc21. The van der Waals surface area contributed by atoms with Crippen molar-refractivity contribution in [3.63, 3.8) is 0 Å². The van der Waals surface area contributed by atoms with Gasteiger partial charge in [-0.2, -0.15) is 0 Å². The Morgan fingerprint density at radius 2 is 0.815 bits per heavy atom. The van der Waals surface area contributed by atoms with Gasteiger partial charge in [0.2, 0.25) is 0 Å². The van der Waals surface area contributed by atoms with Crippen LogP contribution in [-0.4, -0.2) is 0 Å². The van der Waals surface area contributed by atoms with Crippen molar-refractivity contribution >= 4 is 41.8 Å². The number of nitrogens with zero attached hydrogens (tertiary/aromatic N) is 1. The van der Waals surface area contributed by atoms with Gasteiger partial charge in [0, 0.05) is 32.8 Å². The molecule has 2 aliphatic carbocycles. The zero-order valence-corrected chi connectivity index (χ0v) is 33.0. The summed E-state index contributed by atoms with van der Waals surface area (Å²) in [4.78, 5) is 3.33. The summed E-state index contributed by atoms with van der Waals surface area (Å²) in [5.41, 5.74) is 19.0. The monoisotopic (exact) mass is 717 g/mol. The molecule has 1 nitrogen and oxygen atoms in total. The number of fused-ring (bicyclic) bond motifs is 6. The summed E-state index contributed by atoms with van der Waals surface area (Å²) >= 11 is 4.48. The molecule has 0 bridgehead atoms. The second-order valence-electron chi connectivity index (χ2n) is 15.2. The fraction of sp³-hybridized carbons (Fsp3) is 0.154. The van der Waals surface area contributed by atoms with Crippen molar-refractivity contribution in [3.05, 3.63) is 191 Å². The van der Waals surface area contributed by atoms with E-state index in [0.29, 0.717) is 0 Å². The molecule has 0 radical (unpaired) electrons. The lowest BCUT2D eigenvalue weighted by atomic mass is 9.81. The first-order valence-corrected chi connectivity index (χ1v) is 19.6. The molecular weight excluding hydrogens is 671 g/mol. The molecule has 0 heterocycles. The fourth-order valence-corrected chi connectivity index (χ4v) is 8.62. The van der Waals surface area contributed by atoms with Gasteiger partial charge in [0.1, 0.15) is 0 Å². The zero-order chi connectivity index (χ0) is 37.6. The van der Waals surface area contributed by atoms with Crippen LogP contribution in [-0.2, 0) is 10.8 Å². The summed E-state index contributed by atoms with van der Waals surface area (Å²) in [6, 6.07) is 57.6. The van der Waals surface area contributed by atoms with Crippen LogP contribution in [0, 0.1) is 0 Å². The first-order valence-electron chi connectivity index (χ1n) is 19.1. The van der Waals surface area contributed by atoms with Crippen molar-refractivity contribution in [2.75, 3.05) is 4.90 Å². The second-order valence-corrected chi connectivity index (χ2v) is 15.8. The predicted octanol–water partition coefficient (Wildman–Crippen LogP) is 14.9. The molecule has 2 aliphatic rings. The Bertz CT molecular complexity index is 2470. The number of anilines is 3. The molecule has 266 valence electrons. The molecule has 54 heavy (non-hydrogen) atoms. The number of rotatable bonds is 6. The van der Waals surface area contributed by atoms with E-state index in [2.05, 4.69) is 215 Å². The molecule has 0 fully saturated rings. The maximum absolute atomic E-state index is 4.48. The minimum Gasteiger partial charge on any atom is -0.310 e. The largest absolute Gasteiger partial charge is 0.310 e. The van der Waals surface area contributed by atoms with E-state index in [9.17, 15) is 0 Å². The molecule has 0 N–H and O–H groups in total. The number of para-hydroxylation sites is 2. The van der Waals surface area contributed by atoms with Crippen molar-refractivity contribution in [1.82, 2.24) is 0 Å². The Kier molecular flexibility index (Phi) is 9.20. The molecule has 0 atom stereocenters. The van der Waals surface area contributed by atoms with E-state index in [4.69, 9.17) is 0 Å². The maximum Gasteiger partial charge on any atom is 0.0465 e. The highest BCUT2D eigenvalue weighted by atomic mass is 32.1. The normalized spacial score (nSPS) is 14.1. The molecular formula is C52H47NS. The highest BCUT2D eigenvalue weighted by molar-refractivity contribution is 7.80. The number of hydrogen-bond donors (Lipinski definition) is 1. The molecule has 7 aromatic rings. The third kappa shape index (κ3) is 6.09. The molecule has 0 saturated carbocycles. The summed E-state index contributed by atoms with van der Waals surface area (Å²) < 4.78 is 0. The first-order chi connectivity index (χ1) is 26.2. The predicted molar refractivity (Wildman–Crippen MR) is 236 cm³/mol. The molecule has 0 aliphatic heterocycles. The Balaban J connectivity index is 0.00000203. The fourth-order valence-electron chi connectivity index (χ4n) is 8.47. The van der Waals surface area contributed by atoms with Gasteiger partial charge in [-0.15, -0.1) is 12.6 Å². The van der Waals surface area contributed by atoms with Crippen LogP contribution in [0.25, 0.3) is 45.5 Å². The van der Waals surface area contributed by atoms with Crippen molar-refractivity contribution in [1.29, 1.82) is 0 Å². The maximum atomic E-state index is 4.48. The van der Waals surface area contributed by atoms with Crippen LogP contribution in [0.2, 0.25) is 0 Å². The van der Waals surface area contributed by atoms with Crippen LogP contribution in [0.5, 0.6) is 0 Å². The van der Waals surface area contributed by atoms with Crippen molar-refractivity contribution < 1.29 is 0 Å². The summed E-state index contributed by atoms with van der Waals surface area (Å²) in [6.07, 6.45) is 4.55. The average molecular weight is 718 g/mol. The van der Waals surface area contributed by atoms with E-state index in [-0.39, 0.29) is 10.8 Å². The molecule has 0 spiro atoms. The van der Waals surface area contributed by atoms with Gasteiger partial charge in [0.25, 0.3) is 0 Å². The quantitative estimate of drug-likeness (QED) is 0.132. The van der Waals surface area contributed by atoms with Gasteiger partial charge in [0.05, 0.1) is 0 Å². The zero-order valence-electron chi connectivity index (χ0n) is 32.1. The summed E-state index contributed by atoms with van der Waals surface area (Å²) in [5.74, 6) is 0. The van der Waals surface area contributed by atoms with E-state index < -0.39 is 0 Å². The summed E-state index contributed by atoms with van der Waals surface area (Å²) in [7, 11) is 0. The standard InChI is InChI=1S/C50H41NS.C2H6/c1-49(2)45-29-33(17-25-41(45)43-27-21-36(31-47(43)49)35-19-23-40(52)24-20-35)15-16-34-18-26-42-44-28-22-39(32-48(44)50(3,4)46(42)30-34)51(37-11-7-5-8-12-37)38-13-9-6-10-14-38;1-2/h5-32,52H,1-4H3;1-2H3/b16-15+;. The van der Waals surface area contributed by atoms with Crippen molar-refractivity contribution in [2.45, 2.75) is 57.3 Å². The molecule has 0 amide bonds. The number of hydrogen-bond acceptors (Lipinski definition) is 2. The topological polar surface area (TPSA) is 3.24 Å². The highest BCUT2D eigenvalue weighted by Crippen LogP contribution is 2.52. The Hall–Kier alpha value is -5.57. The Morgan fingerprint density at radius 3 is 1.31 bits per heavy atom. The van der Waals surface area contributed by atoms with Crippen LogP contribution in [0.1, 0.15) is 74.9 Å². The summed E-state index contributed by atoms with van der Waals surface area (Å²) in [5, 5.41) is 0. The van der Waals surface area contributed by atoms with Gasteiger partial charge in [-0.1, -0.05) is 157 Å². The smallest absolute Gasteiger partial charge is 0.0465 e. The number of benzene rings is 7. The van der Waals surface area contributed by atoms with Gasteiger partial charge < -0.3 is 4.90 Å².